The molecule has 0 saturated carbocycles. The summed E-state index contributed by atoms with van der Waals surface area (Å²) in [5.41, 5.74) is 0.878. The van der Waals surface area contributed by atoms with Crippen LogP contribution in [0.2, 0.25) is 0 Å². The zero-order valence-electron chi connectivity index (χ0n) is 12.2. The Morgan fingerprint density at radius 1 is 1.10 bits per heavy atom. The van der Waals surface area contributed by atoms with Crippen molar-refractivity contribution in [2.75, 3.05) is 11.6 Å². The third kappa shape index (κ3) is 2.83. The van der Waals surface area contributed by atoms with E-state index in [-0.39, 0.29) is 6.67 Å². The van der Waals surface area contributed by atoms with Gasteiger partial charge in [0.2, 0.25) is 0 Å². The van der Waals surface area contributed by atoms with Gasteiger partial charge in [-0.05, 0) is 25.0 Å². The number of aliphatic hydroxyl groups excluding tert-OH is 2. The highest BCUT2D eigenvalue weighted by atomic mass is 16.3. The molecule has 1 amide bonds. The lowest BCUT2D eigenvalue weighted by Crippen LogP contribution is -2.50. The van der Waals surface area contributed by atoms with Gasteiger partial charge in [-0.2, -0.15) is 0 Å². The summed E-state index contributed by atoms with van der Waals surface area (Å²) >= 11 is 0. The van der Waals surface area contributed by atoms with E-state index in [1.54, 1.807) is 38.1 Å². The molecular formula is C15H20N2O4. The Balaban J connectivity index is 2.29. The lowest BCUT2D eigenvalue weighted by atomic mass is 10.1. The van der Waals surface area contributed by atoms with Gasteiger partial charge in [0.05, 0.1) is 17.9 Å². The summed E-state index contributed by atoms with van der Waals surface area (Å²) < 4.78 is 0. The lowest BCUT2D eigenvalue weighted by molar-refractivity contribution is -0.120. The Morgan fingerprint density at radius 3 is 2.24 bits per heavy atom. The molecule has 1 aliphatic heterocycles. The molecule has 1 aromatic rings. The molecule has 2 unspecified atom stereocenters. The van der Waals surface area contributed by atoms with Crippen LogP contribution in [0.3, 0.4) is 0 Å². The number of aliphatic hydroxyl groups is 2. The number of para-hydroxylation sites is 1. The molecule has 1 heterocycles. The fraction of sp³-hybridized carbons (Fsp3) is 0.467. The van der Waals surface area contributed by atoms with Gasteiger partial charge in [0.15, 0.2) is 0 Å². The van der Waals surface area contributed by atoms with Crippen LogP contribution < -0.4 is 4.90 Å². The van der Waals surface area contributed by atoms with Crippen LogP contribution in [0.1, 0.15) is 37.0 Å². The monoisotopic (exact) mass is 292 g/mol. The Hall–Kier alpha value is -1.76. The molecule has 2 rings (SSSR count). The van der Waals surface area contributed by atoms with Crippen molar-refractivity contribution in [2.45, 2.75) is 39.1 Å². The van der Waals surface area contributed by atoms with Crippen molar-refractivity contribution in [1.29, 1.82) is 0 Å². The largest absolute Gasteiger partial charge is 0.378 e. The van der Waals surface area contributed by atoms with Gasteiger partial charge in [0.1, 0.15) is 12.5 Å². The number of anilines is 1. The summed E-state index contributed by atoms with van der Waals surface area (Å²) in [5, 5.41) is 20.0. The second kappa shape index (κ2) is 6.34. The van der Waals surface area contributed by atoms with Crippen molar-refractivity contribution >= 4 is 17.4 Å². The fourth-order valence-corrected chi connectivity index (χ4v) is 2.41. The van der Waals surface area contributed by atoms with Crippen molar-refractivity contribution in [2.24, 2.45) is 0 Å². The van der Waals surface area contributed by atoms with Gasteiger partial charge in [-0.25, -0.2) is 4.90 Å². The molecule has 21 heavy (non-hydrogen) atoms. The van der Waals surface area contributed by atoms with E-state index >= 15 is 0 Å². The average molecular weight is 292 g/mol. The number of hydrogen-bond donors (Lipinski definition) is 2. The Bertz CT molecular complexity index is 536. The third-order valence-electron chi connectivity index (χ3n) is 3.68. The summed E-state index contributed by atoms with van der Waals surface area (Å²) in [6.45, 7) is 3.54. The first-order valence-corrected chi connectivity index (χ1v) is 7.08. The van der Waals surface area contributed by atoms with E-state index in [2.05, 4.69) is 0 Å². The van der Waals surface area contributed by atoms with Crippen LogP contribution in [0.5, 0.6) is 0 Å². The molecule has 114 valence electrons. The topological polar surface area (TPSA) is 81.1 Å². The molecule has 6 nitrogen and oxygen atoms in total. The molecule has 6 heteroatoms. The standard InChI is InChI=1S/C15H20N2O4/c1-3-12(18)17(13(19)4-2)9-16-11-8-6-5-7-10(11)14(20)15(16)21/h5-8,12-13,18-19H,3-4,9H2,1-2H3. The quantitative estimate of drug-likeness (QED) is 0.602. The molecule has 0 saturated heterocycles. The van der Waals surface area contributed by atoms with Crippen molar-refractivity contribution in [3.63, 3.8) is 0 Å². The molecule has 2 N–H and O–H groups in total. The number of nitrogens with zero attached hydrogens (tertiary/aromatic N) is 2. The van der Waals surface area contributed by atoms with Gasteiger partial charge in [0.25, 0.3) is 5.78 Å². The summed E-state index contributed by atoms with van der Waals surface area (Å²) in [6, 6.07) is 6.74. The number of fused-ring (bicyclic) bond motifs is 1. The Kier molecular flexibility index (Phi) is 4.72. The maximum atomic E-state index is 12.1. The van der Waals surface area contributed by atoms with Gasteiger partial charge in [-0.1, -0.05) is 26.0 Å². The minimum atomic E-state index is -0.879. The molecular weight excluding hydrogens is 272 g/mol. The zero-order valence-corrected chi connectivity index (χ0v) is 12.2. The number of carbonyl (C=O) groups is 2. The summed E-state index contributed by atoms with van der Waals surface area (Å²) in [7, 11) is 0. The van der Waals surface area contributed by atoms with Gasteiger partial charge in [-0.15, -0.1) is 0 Å². The maximum Gasteiger partial charge on any atom is 0.300 e. The molecule has 0 spiro atoms. The fourth-order valence-electron chi connectivity index (χ4n) is 2.41. The number of amides is 1. The number of carbonyl (C=O) groups excluding carboxylic acids is 2. The molecule has 1 aliphatic rings. The first-order chi connectivity index (χ1) is 10.0. The van der Waals surface area contributed by atoms with Crippen LogP contribution >= 0.6 is 0 Å². The lowest BCUT2D eigenvalue weighted by Gasteiger charge is -2.34. The number of rotatable bonds is 6. The van der Waals surface area contributed by atoms with E-state index in [0.29, 0.717) is 24.1 Å². The summed E-state index contributed by atoms with van der Waals surface area (Å²) in [4.78, 5) is 26.7. The van der Waals surface area contributed by atoms with Crippen molar-refractivity contribution in [3.8, 4) is 0 Å². The van der Waals surface area contributed by atoms with Crippen molar-refractivity contribution in [3.05, 3.63) is 29.8 Å². The van der Waals surface area contributed by atoms with Crippen molar-refractivity contribution in [1.82, 2.24) is 4.90 Å². The summed E-state index contributed by atoms with van der Waals surface area (Å²) in [5.74, 6) is -1.18. The van der Waals surface area contributed by atoms with Crippen LogP contribution in [0.15, 0.2) is 24.3 Å². The molecule has 0 bridgehead atoms. The molecule has 0 fully saturated rings. The number of ketones is 1. The zero-order chi connectivity index (χ0) is 15.6. The van der Waals surface area contributed by atoms with Gasteiger partial charge < -0.3 is 10.2 Å². The van der Waals surface area contributed by atoms with E-state index < -0.39 is 24.1 Å². The first-order valence-electron chi connectivity index (χ1n) is 7.08. The van der Waals surface area contributed by atoms with E-state index in [0.717, 1.165) is 0 Å². The van der Waals surface area contributed by atoms with Gasteiger partial charge in [0, 0.05) is 0 Å². The summed E-state index contributed by atoms with van der Waals surface area (Å²) in [6.07, 6.45) is -0.935. The van der Waals surface area contributed by atoms with E-state index in [9.17, 15) is 19.8 Å². The van der Waals surface area contributed by atoms with Crippen LogP contribution in [0, 0.1) is 0 Å². The van der Waals surface area contributed by atoms with Gasteiger partial charge in [-0.3, -0.25) is 14.5 Å². The van der Waals surface area contributed by atoms with E-state index in [1.807, 2.05) is 0 Å². The number of benzene rings is 1. The first kappa shape index (κ1) is 15.6. The van der Waals surface area contributed by atoms with Crippen LogP contribution in [0.25, 0.3) is 0 Å². The highest BCUT2D eigenvalue weighted by Crippen LogP contribution is 2.29. The normalized spacial score (nSPS) is 17.3. The van der Waals surface area contributed by atoms with Crippen LogP contribution in [0.4, 0.5) is 5.69 Å². The molecule has 0 aliphatic carbocycles. The highest BCUT2D eigenvalue weighted by molar-refractivity contribution is 6.52. The minimum Gasteiger partial charge on any atom is -0.378 e. The molecule has 0 radical (unpaired) electrons. The van der Waals surface area contributed by atoms with Gasteiger partial charge >= 0.3 is 5.91 Å². The minimum absolute atomic E-state index is 0.0222. The third-order valence-corrected chi connectivity index (χ3v) is 3.68. The highest BCUT2D eigenvalue weighted by Gasteiger charge is 2.37. The van der Waals surface area contributed by atoms with Crippen LogP contribution in [-0.2, 0) is 4.79 Å². The SMILES string of the molecule is CCC(O)N(CN1C(=O)C(=O)c2ccccc21)C(O)CC. The maximum absolute atomic E-state index is 12.1. The van der Waals surface area contributed by atoms with E-state index in [1.165, 1.54) is 9.80 Å². The Morgan fingerprint density at radius 2 is 1.67 bits per heavy atom. The number of Topliss-reactive ketones (excluding diaryl/α,β-unsaturated/α-hetero) is 1. The molecule has 2 atom stereocenters. The number of hydrogen-bond acceptors (Lipinski definition) is 5. The smallest absolute Gasteiger partial charge is 0.300 e. The second-order valence-electron chi connectivity index (χ2n) is 5.01. The van der Waals surface area contributed by atoms with Crippen LogP contribution in [-0.4, -0.2) is 45.9 Å². The predicted octanol–water partition coefficient (Wildman–Crippen LogP) is 0.932. The Labute approximate surface area is 123 Å². The average Bonchev–Trinajstić information content (AvgIpc) is 2.76. The van der Waals surface area contributed by atoms with E-state index in [4.69, 9.17) is 0 Å². The van der Waals surface area contributed by atoms with Crippen molar-refractivity contribution < 1.29 is 19.8 Å². The second-order valence-corrected chi connectivity index (χ2v) is 5.01. The predicted molar refractivity (Wildman–Crippen MR) is 77.6 cm³/mol. The molecule has 0 aromatic heterocycles. The molecule has 1 aromatic carbocycles.